The summed E-state index contributed by atoms with van der Waals surface area (Å²) in [5, 5.41) is 11.6. The summed E-state index contributed by atoms with van der Waals surface area (Å²) < 4.78 is 27.7. The number of hydrogen-bond acceptors (Lipinski definition) is 5. The molecular weight excluding hydrogens is 434 g/mol. The molecule has 0 spiro atoms. The zero-order valence-electron chi connectivity index (χ0n) is 12.5. The first-order valence-electron chi connectivity index (χ1n) is 6.95. The van der Waals surface area contributed by atoms with Crippen molar-refractivity contribution in [2.75, 3.05) is 0 Å². The fourth-order valence-electron chi connectivity index (χ4n) is 2.53. The lowest BCUT2D eigenvalue weighted by molar-refractivity contribution is -0.384. The zero-order valence-corrected chi connectivity index (χ0v) is 15.7. The van der Waals surface area contributed by atoms with Crippen molar-refractivity contribution in [3.05, 3.63) is 67.8 Å². The van der Waals surface area contributed by atoms with E-state index in [0.717, 1.165) is 10.0 Å². The molecule has 3 rings (SSSR count). The number of nitrogens with zero attached hydrogens (tertiary/aromatic N) is 2. The average molecular weight is 445 g/mol. The minimum absolute atomic E-state index is 0.134. The number of rotatable bonds is 4. The molecule has 7 nitrogen and oxygen atoms in total. The van der Waals surface area contributed by atoms with E-state index < -0.39 is 20.6 Å². The van der Waals surface area contributed by atoms with E-state index >= 15 is 0 Å². The molecule has 0 radical (unpaired) electrons. The van der Waals surface area contributed by atoms with E-state index in [-0.39, 0.29) is 16.5 Å². The van der Waals surface area contributed by atoms with E-state index in [9.17, 15) is 18.5 Å². The van der Waals surface area contributed by atoms with Gasteiger partial charge in [-0.1, -0.05) is 23.7 Å². The summed E-state index contributed by atoms with van der Waals surface area (Å²) in [6.45, 7) is 0.149. The van der Waals surface area contributed by atoms with E-state index in [4.69, 9.17) is 17.3 Å². The first kappa shape index (κ1) is 17.9. The van der Waals surface area contributed by atoms with Gasteiger partial charge in [-0.25, -0.2) is 12.4 Å². The normalized spacial score (nSPS) is 11.8. The molecule has 130 valence electrons. The summed E-state index contributed by atoms with van der Waals surface area (Å²) in [6.07, 6.45) is 1.42. The van der Waals surface area contributed by atoms with Crippen LogP contribution in [0.3, 0.4) is 0 Å². The third-order valence-electron chi connectivity index (χ3n) is 3.72. The number of fused-ring (bicyclic) bond motifs is 1. The van der Waals surface area contributed by atoms with E-state index in [1.165, 1.54) is 18.3 Å². The Kier molecular flexibility index (Phi) is 4.58. The van der Waals surface area contributed by atoms with Crippen molar-refractivity contribution in [1.29, 1.82) is 0 Å². The van der Waals surface area contributed by atoms with Crippen LogP contribution in [-0.4, -0.2) is 17.3 Å². The van der Waals surface area contributed by atoms with Crippen molar-refractivity contribution in [2.45, 2.75) is 11.4 Å². The van der Waals surface area contributed by atoms with Gasteiger partial charge in [0.25, 0.3) is 15.7 Å². The molecule has 0 bridgehead atoms. The highest BCUT2D eigenvalue weighted by Crippen LogP contribution is 2.33. The van der Waals surface area contributed by atoms with E-state index in [0.29, 0.717) is 20.9 Å². The van der Waals surface area contributed by atoms with Crippen LogP contribution in [-0.2, 0) is 16.6 Å². The molecule has 0 amide bonds. The van der Waals surface area contributed by atoms with Crippen molar-refractivity contribution >= 4 is 54.1 Å². The Labute approximate surface area is 156 Å². The Morgan fingerprint density at radius 1 is 1.28 bits per heavy atom. The van der Waals surface area contributed by atoms with Crippen molar-refractivity contribution in [3.8, 4) is 0 Å². The summed E-state index contributed by atoms with van der Waals surface area (Å²) in [5.41, 5.74) is 6.30. The van der Waals surface area contributed by atoms with Crippen LogP contribution < -0.4 is 5.73 Å². The van der Waals surface area contributed by atoms with Crippen molar-refractivity contribution in [1.82, 2.24) is 3.97 Å². The van der Waals surface area contributed by atoms with Gasteiger partial charge in [-0.2, -0.15) is 0 Å². The largest absolute Gasteiger partial charge is 0.326 e. The number of nitro benzene ring substituents is 1. The quantitative estimate of drug-likeness (QED) is 0.488. The number of halogens is 2. The fourth-order valence-corrected chi connectivity index (χ4v) is 4.82. The van der Waals surface area contributed by atoms with Crippen LogP contribution in [0, 0.1) is 10.1 Å². The molecule has 0 aliphatic heterocycles. The molecule has 0 aliphatic carbocycles. The topological polar surface area (TPSA) is 108 Å². The Hall–Kier alpha value is -1.94. The lowest BCUT2D eigenvalue weighted by Crippen LogP contribution is -2.12. The first-order chi connectivity index (χ1) is 11.8. The molecule has 0 fully saturated rings. The Morgan fingerprint density at radius 3 is 2.64 bits per heavy atom. The zero-order chi connectivity index (χ0) is 18.4. The Morgan fingerprint density at radius 2 is 2.00 bits per heavy atom. The molecule has 0 aliphatic rings. The fraction of sp³-hybridized carbons (Fsp3) is 0.0667. The highest BCUT2D eigenvalue weighted by Gasteiger charge is 2.25. The standard InChI is InChI=1S/C15H11BrClN3O4S/c16-12-3-1-2-11-9(7-18)8-19(15(11)12)25(23,24)10-4-5-13(17)14(6-10)20(21)22/h1-6,8H,7,18H2. The third-order valence-corrected chi connectivity index (χ3v) is 6.33. The first-order valence-corrected chi connectivity index (χ1v) is 9.56. The predicted octanol–water partition coefficient (Wildman–Crippen LogP) is 3.66. The van der Waals surface area contributed by atoms with E-state index in [2.05, 4.69) is 15.9 Å². The number of aromatic nitrogens is 1. The van der Waals surface area contributed by atoms with Crippen LogP contribution in [0.5, 0.6) is 0 Å². The second-order valence-corrected chi connectivity index (χ2v) is 8.24. The van der Waals surface area contributed by atoms with Gasteiger partial charge in [0.15, 0.2) is 0 Å². The van der Waals surface area contributed by atoms with E-state index in [1.54, 1.807) is 18.2 Å². The van der Waals surface area contributed by atoms with Crippen LogP contribution in [0.25, 0.3) is 10.9 Å². The summed E-state index contributed by atoms with van der Waals surface area (Å²) in [6, 6.07) is 8.61. The maximum Gasteiger partial charge on any atom is 0.289 e. The Balaban J connectivity index is 2.31. The molecular formula is C15H11BrClN3O4S. The summed E-state index contributed by atoms with van der Waals surface area (Å²) in [4.78, 5) is 10.1. The molecule has 0 saturated carbocycles. The molecule has 0 unspecified atom stereocenters. The number of benzene rings is 2. The van der Waals surface area contributed by atoms with Crippen LogP contribution in [0.15, 0.2) is 52.0 Å². The van der Waals surface area contributed by atoms with Gasteiger partial charge < -0.3 is 5.73 Å². The van der Waals surface area contributed by atoms with Crippen molar-refractivity contribution in [2.24, 2.45) is 5.73 Å². The van der Waals surface area contributed by atoms with Gasteiger partial charge in [0, 0.05) is 28.7 Å². The third kappa shape index (κ3) is 2.93. The number of hydrogen-bond donors (Lipinski definition) is 1. The number of para-hydroxylation sites is 1. The van der Waals surface area contributed by atoms with Crippen molar-refractivity contribution < 1.29 is 13.3 Å². The summed E-state index contributed by atoms with van der Waals surface area (Å²) in [5.74, 6) is 0. The maximum atomic E-state index is 13.1. The minimum atomic E-state index is -4.08. The number of nitrogens with two attached hydrogens (primary N) is 1. The monoisotopic (exact) mass is 443 g/mol. The molecule has 10 heteroatoms. The van der Waals surface area contributed by atoms with Crippen LogP contribution in [0.1, 0.15) is 5.56 Å². The van der Waals surface area contributed by atoms with Gasteiger partial charge in [-0.05, 0) is 39.7 Å². The Bertz CT molecular complexity index is 1110. The lowest BCUT2D eigenvalue weighted by atomic mass is 10.2. The highest BCUT2D eigenvalue weighted by molar-refractivity contribution is 9.10. The highest BCUT2D eigenvalue weighted by atomic mass is 79.9. The molecule has 3 aromatic rings. The molecule has 2 N–H and O–H groups in total. The number of nitro groups is 1. The van der Waals surface area contributed by atoms with Gasteiger partial charge in [0.1, 0.15) is 5.02 Å². The molecule has 1 aromatic heterocycles. The smallest absolute Gasteiger partial charge is 0.289 e. The van der Waals surface area contributed by atoms with Gasteiger partial charge in [-0.15, -0.1) is 0 Å². The molecule has 0 atom stereocenters. The van der Waals surface area contributed by atoms with Gasteiger partial charge in [0.2, 0.25) is 0 Å². The minimum Gasteiger partial charge on any atom is -0.326 e. The average Bonchev–Trinajstić information content (AvgIpc) is 2.95. The molecule has 2 aromatic carbocycles. The van der Waals surface area contributed by atoms with Crippen LogP contribution in [0.4, 0.5) is 5.69 Å². The van der Waals surface area contributed by atoms with Crippen molar-refractivity contribution in [3.63, 3.8) is 0 Å². The molecule has 0 saturated heterocycles. The summed E-state index contributed by atoms with van der Waals surface area (Å²) >= 11 is 9.12. The molecule has 1 heterocycles. The SMILES string of the molecule is NCc1cn(S(=O)(=O)c2ccc(Cl)c([N+](=O)[O-])c2)c2c(Br)cccc12. The van der Waals surface area contributed by atoms with E-state index in [1.807, 2.05) is 0 Å². The van der Waals surface area contributed by atoms with Crippen LogP contribution in [0.2, 0.25) is 5.02 Å². The van der Waals surface area contributed by atoms with Crippen LogP contribution >= 0.6 is 27.5 Å². The lowest BCUT2D eigenvalue weighted by Gasteiger charge is -2.09. The second kappa shape index (κ2) is 6.41. The predicted molar refractivity (Wildman–Crippen MR) is 98.2 cm³/mol. The summed E-state index contributed by atoms with van der Waals surface area (Å²) in [7, 11) is -4.08. The maximum absolute atomic E-state index is 13.1. The second-order valence-electron chi connectivity index (χ2n) is 5.17. The van der Waals surface area contributed by atoms with Gasteiger partial charge in [0.05, 0.1) is 15.3 Å². The van der Waals surface area contributed by atoms with Gasteiger partial charge >= 0.3 is 0 Å². The van der Waals surface area contributed by atoms with Gasteiger partial charge in [-0.3, -0.25) is 10.1 Å². The molecule has 25 heavy (non-hydrogen) atoms.